The lowest BCUT2D eigenvalue weighted by Crippen LogP contribution is -2.41. The van der Waals surface area contributed by atoms with Crippen LogP contribution in [0.1, 0.15) is 12.0 Å². The summed E-state index contributed by atoms with van der Waals surface area (Å²) < 4.78 is 5.21. The molecule has 6 heteroatoms. The first kappa shape index (κ1) is 13.6. The quantitative estimate of drug-likeness (QED) is 0.834. The standard InChI is InChI=1S/C13H20N4O2/c1-10-9-16-12(8-11(10)14)15-3-2-13(18)17-4-6-19-7-5-17/h8-9H,2-7H2,1H3,(H3,14,15,16). The van der Waals surface area contributed by atoms with Crippen LogP contribution >= 0.6 is 0 Å². The van der Waals surface area contributed by atoms with Crippen LogP contribution in [0.25, 0.3) is 0 Å². The van der Waals surface area contributed by atoms with Gasteiger partial charge in [0.1, 0.15) is 5.82 Å². The maximum Gasteiger partial charge on any atom is 0.224 e. The summed E-state index contributed by atoms with van der Waals surface area (Å²) in [5.74, 6) is 0.855. The van der Waals surface area contributed by atoms with Gasteiger partial charge in [-0.1, -0.05) is 0 Å². The summed E-state index contributed by atoms with van der Waals surface area (Å²) in [6, 6.07) is 1.79. The molecule has 0 atom stereocenters. The molecule has 1 saturated heterocycles. The Balaban J connectivity index is 1.76. The summed E-state index contributed by atoms with van der Waals surface area (Å²) in [5, 5.41) is 3.11. The maximum atomic E-state index is 11.9. The average molecular weight is 264 g/mol. The molecule has 1 amide bonds. The molecule has 1 aromatic rings. The van der Waals surface area contributed by atoms with Crippen molar-refractivity contribution in [2.24, 2.45) is 0 Å². The van der Waals surface area contributed by atoms with Crippen LogP contribution < -0.4 is 11.1 Å². The molecule has 0 spiro atoms. The number of carbonyl (C=O) groups is 1. The van der Waals surface area contributed by atoms with Crippen LogP contribution in [0.15, 0.2) is 12.3 Å². The van der Waals surface area contributed by atoms with Gasteiger partial charge in [0, 0.05) is 44.0 Å². The van der Waals surface area contributed by atoms with E-state index in [0.717, 1.165) is 5.56 Å². The zero-order valence-corrected chi connectivity index (χ0v) is 11.2. The number of pyridine rings is 1. The van der Waals surface area contributed by atoms with Gasteiger partial charge in [0.05, 0.1) is 13.2 Å². The molecule has 1 aliphatic heterocycles. The lowest BCUT2D eigenvalue weighted by molar-refractivity contribution is -0.134. The molecule has 1 fully saturated rings. The fourth-order valence-corrected chi connectivity index (χ4v) is 1.90. The number of rotatable bonds is 4. The summed E-state index contributed by atoms with van der Waals surface area (Å²) in [6.07, 6.45) is 2.18. The monoisotopic (exact) mass is 264 g/mol. The van der Waals surface area contributed by atoms with Gasteiger partial charge >= 0.3 is 0 Å². The van der Waals surface area contributed by atoms with E-state index in [-0.39, 0.29) is 5.91 Å². The molecule has 0 unspecified atom stereocenters. The number of aryl methyl sites for hydroxylation is 1. The molecule has 0 bridgehead atoms. The predicted octanol–water partition coefficient (Wildman–Crippen LogP) is 0.633. The Morgan fingerprint density at radius 3 is 2.95 bits per heavy atom. The summed E-state index contributed by atoms with van der Waals surface area (Å²) in [7, 11) is 0. The number of nitrogens with two attached hydrogens (primary N) is 1. The molecule has 3 N–H and O–H groups in total. The van der Waals surface area contributed by atoms with Crippen molar-refractivity contribution >= 4 is 17.4 Å². The first-order chi connectivity index (χ1) is 9.16. The zero-order chi connectivity index (χ0) is 13.7. The largest absolute Gasteiger partial charge is 0.398 e. The third-order valence-corrected chi connectivity index (χ3v) is 3.15. The minimum Gasteiger partial charge on any atom is -0.398 e. The van der Waals surface area contributed by atoms with Gasteiger partial charge in [0.2, 0.25) is 5.91 Å². The number of carbonyl (C=O) groups excluding carboxylic acids is 1. The topological polar surface area (TPSA) is 80.5 Å². The molecule has 19 heavy (non-hydrogen) atoms. The molecule has 0 saturated carbocycles. The Hall–Kier alpha value is -1.82. The van der Waals surface area contributed by atoms with E-state index in [1.807, 2.05) is 11.8 Å². The smallest absolute Gasteiger partial charge is 0.224 e. The van der Waals surface area contributed by atoms with Crippen LogP contribution in [0.3, 0.4) is 0 Å². The minimum atomic E-state index is 0.149. The normalized spacial score (nSPS) is 15.3. The summed E-state index contributed by atoms with van der Waals surface area (Å²) >= 11 is 0. The Kier molecular flexibility index (Phi) is 4.57. The first-order valence-corrected chi connectivity index (χ1v) is 6.48. The van der Waals surface area contributed by atoms with Gasteiger partial charge in [-0.25, -0.2) is 4.98 Å². The molecule has 0 aromatic carbocycles. The van der Waals surface area contributed by atoms with Crippen molar-refractivity contribution in [1.82, 2.24) is 9.88 Å². The van der Waals surface area contributed by atoms with E-state index in [2.05, 4.69) is 10.3 Å². The number of amides is 1. The predicted molar refractivity (Wildman–Crippen MR) is 73.9 cm³/mol. The van der Waals surface area contributed by atoms with Gasteiger partial charge in [-0.2, -0.15) is 0 Å². The third kappa shape index (κ3) is 3.82. The van der Waals surface area contributed by atoms with E-state index in [1.54, 1.807) is 12.3 Å². The Bertz CT molecular complexity index is 444. The van der Waals surface area contributed by atoms with E-state index < -0.39 is 0 Å². The van der Waals surface area contributed by atoms with E-state index in [0.29, 0.717) is 50.8 Å². The van der Waals surface area contributed by atoms with E-state index >= 15 is 0 Å². The number of ether oxygens (including phenoxy) is 1. The summed E-state index contributed by atoms with van der Waals surface area (Å²) in [4.78, 5) is 17.9. The number of nitrogens with one attached hydrogen (secondary N) is 1. The van der Waals surface area contributed by atoms with Gasteiger partial charge in [-0.05, 0) is 12.5 Å². The van der Waals surface area contributed by atoms with Gasteiger partial charge in [0.15, 0.2) is 0 Å². The number of nitrogen functional groups attached to an aromatic ring is 1. The molecule has 0 aliphatic carbocycles. The van der Waals surface area contributed by atoms with Gasteiger partial charge in [-0.15, -0.1) is 0 Å². The second-order valence-electron chi connectivity index (χ2n) is 4.60. The Morgan fingerprint density at radius 2 is 2.26 bits per heavy atom. The number of hydrogen-bond acceptors (Lipinski definition) is 5. The molecule has 0 radical (unpaired) electrons. The molecule has 2 rings (SSSR count). The van der Waals surface area contributed by atoms with Crippen molar-refractivity contribution in [3.05, 3.63) is 17.8 Å². The molecule has 6 nitrogen and oxygen atoms in total. The Labute approximate surface area is 112 Å². The van der Waals surface area contributed by atoms with Crippen molar-refractivity contribution in [2.45, 2.75) is 13.3 Å². The van der Waals surface area contributed by atoms with E-state index in [9.17, 15) is 4.79 Å². The van der Waals surface area contributed by atoms with Crippen LogP contribution in [0.5, 0.6) is 0 Å². The number of nitrogens with zero attached hydrogens (tertiary/aromatic N) is 2. The number of hydrogen-bond donors (Lipinski definition) is 2. The van der Waals surface area contributed by atoms with E-state index in [4.69, 9.17) is 10.5 Å². The second kappa shape index (κ2) is 6.38. The van der Waals surface area contributed by atoms with Crippen molar-refractivity contribution < 1.29 is 9.53 Å². The molecule has 2 heterocycles. The average Bonchev–Trinajstić information content (AvgIpc) is 2.43. The number of anilines is 2. The van der Waals surface area contributed by atoms with Crippen molar-refractivity contribution in [3.8, 4) is 0 Å². The van der Waals surface area contributed by atoms with Crippen LogP contribution in [-0.4, -0.2) is 48.6 Å². The van der Waals surface area contributed by atoms with Crippen molar-refractivity contribution in [2.75, 3.05) is 43.9 Å². The fraction of sp³-hybridized carbons (Fsp3) is 0.538. The molecule has 1 aromatic heterocycles. The molecular weight excluding hydrogens is 244 g/mol. The molecular formula is C13H20N4O2. The SMILES string of the molecule is Cc1cnc(NCCC(=O)N2CCOCC2)cc1N. The number of aromatic nitrogens is 1. The highest BCUT2D eigenvalue weighted by atomic mass is 16.5. The van der Waals surface area contributed by atoms with Gasteiger partial charge < -0.3 is 20.7 Å². The maximum absolute atomic E-state index is 11.9. The first-order valence-electron chi connectivity index (χ1n) is 6.48. The Morgan fingerprint density at radius 1 is 1.53 bits per heavy atom. The highest BCUT2D eigenvalue weighted by Gasteiger charge is 2.15. The second-order valence-corrected chi connectivity index (χ2v) is 4.60. The van der Waals surface area contributed by atoms with Gasteiger partial charge in [-0.3, -0.25) is 4.79 Å². The third-order valence-electron chi connectivity index (χ3n) is 3.15. The molecule has 1 aliphatic rings. The van der Waals surface area contributed by atoms with Crippen LogP contribution in [0.4, 0.5) is 11.5 Å². The lowest BCUT2D eigenvalue weighted by atomic mass is 10.2. The van der Waals surface area contributed by atoms with Crippen LogP contribution in [0.2, 0.25) is 0 Å². The molecule has 104 valence electrons. The minimum absolute atomic E-state index is 0.149. The highest BCUT2D eigenvalue weighted by molar-refractivity contribution is 5.76. The fourth-order valence-electron chi connectivity index (χ4n) is 1.90. The highest BCUT2D eigenvalue weighted by Crippen LogP contribution is 2.13. The summed E-state index contributed by atoms with van der Waals surface area (Å²) in [5.41, 5.74) is 7.46. The van der Waals surface area contributed by atoms with Crippen molar-refractivity contribution in [3.63, 3.8) is 0 Å². The summed E-state index contributed by atoms with van der Waals surface area (Å²) in [6.45, 7) is 5.12. The van der Waals surface area contributed by atoms with Gasteiger partial charge in [0.25, 0.3) is 0 Å². The lowest BCUT2D eigenvalue weighted by Gasteiger charge is -2.26. The zero-order valence-electron chi connectivity index (χ0n) is 11.2. The van der Waals surface area contributed by atoms with E-state index in [1.165, 1.54) is 0 Å². The van der Waals surface area contributed by atoms with Crippen molar-refractivity contribution in [1.29, 1.82) is 0 Å². The number of morpholine rings is 1. The van der Waals surface area contributed by atoms with Crippen LogP contribution in [-0.2, 0) is 9.53 Å². The van der Waals surface area contributed by atoms with Crippen LogP contribution in [0, 0.1) is 6.92 Å².